The molecule has 0 saturated carbocycles. The van der Waals surface area contributed by atoms with Crippen LogP contribution in [0.2, 0.25) is 0 Å². The number of hydrogen-bond acceptors (Lipinski definition) is 5. The Bertz CT molecular complexity index is 1300. The lowest BCUT2D eigenvalue weighted by molar-refractivity contribution is 0.0948. The Morgan fingerprint density at radius 3 is 2.57 bits per heavy atom. The van der Waals surface area contributed by atoms with E-state index in [1.807, 2.05) is 31.2 Å². The molecule has 1 amide bonds. The normalized spacial score (nSPS) is 10.9. The molecule has 0 spiro atoms. The van der Waals surface area contributed by atoms with Crippen LogP contribution in [-0.4, -0.2) is 25.5 Å². The summed E-state index contributed by atoms with van der Waals surface area (Å²) in [7, 11) is 1.56. The van der Waals surface area contributed by atoms with Crippen molar-refractivity contribution in [3.8, 4) is 17.3 Å². The van der Waals surface area contributed by atoms with Gasteiger partial charge in [-0.25, -0.2) is 4.98 Å². The van der Waals surface area contributed by atoms with Crippen molar-refractivity contribution in [2.75, 3.05) is 0 Å². The second-order valence-corrected chi connectivity index (χ2v) is 7.04. The zero-order chi connectivity index (χ0) is 21.3. The van der Waals surface area contributed by atoms with E-state index in [4.69, 9.17) is 0 Å². The van der Waals surface area contributed by atoms with Crippen LogP contribution in [0.15, 0.2) is 65.6 Å². The van der Waals surface area contributed by atoms with E-state index in [9.17, 15) is 14.7 Å². The fourth-order valence-corrected chi connectivity index (χ4v) is 3.23. The molecule has 30 heavy (non-hydrogen) atoms. The number of rotatable bonds is 4. The van der Waals surface area contributed by atoms with Crippen molar-refractivity contribution in [3.63, 3.8) is 0 Å². The summed E-state index contributed by atoms with van der Waals surface area (Å²) in [6, 6.07) is 16.1. The van der Waals surface area contributed by atoms with Gasteiger partial charge in [0.05, 0.1) is 11.1 Å². The highest BCUT2D eigenvalue weighted by Crippen LogP contribution is 2.26. The topological polar surface area (TPSA) is 97.1 Å². The molecule has 0 aliphatic rings. The molecule has 7 nitrogen and oxygen atoms in total. The van der Waals surface area contributed by atoms with Crippen LogP contribution in [0, 0.1) is 6.92 Å². The molecule has 4 aromatic rings. The van der Waals surface area contributed by atoms with E-state index in [-0.39, 0.29) is 16.7 Å². The molecule has 0 atom stereocenters. The Labute approximate surface area is 172 Å². The van der Waals surface area contributed by atoms with Crippen LogP contribution in [0.4, 0.5) is 0 Å². The van der Waals surface area contributed by atoms with Gasteiger partial charge in [-0.2, -0.15) is 0 Å². The first-order valence-corrected chi connectivity index (χ1v) is 9.43. The third-order valence-corrected chi connectivity index (χ3v) is 4.93. The Morgan fingerprint density at radius 1 is 1.10 bits per heavy atom. The zero-order valence-electron chi connectivity index (χ0n) is 16.6. The number of nitrogens with zero attached hydrogens (tertiary/aromatic N) is 3. The summed E-state index contributed by atoms with van der Waals surface area (Å²) in [5.41, 5.74) is 2.48. The molecule has 4 rings (SSSR count). The maximum Gasteiger partial charge on any atom is 0.265 e. The Kier molecular flexibility index (Phi) is 5.02. The number of phenolic OH excluding ortho intramolecular Hbond substituents is 1. The number of hydrogen-bond donors (Lipinski definition) is 2. The standard InChI is InChI=1S/C23H20N4O3/c1-14-6-8-15(9-7-14)13-25-22(29)16-10-11-17-19(20(16)28)23(30)27(2)21(26-17)18-5-3-4-12-24-18/h3-12,28H,13H2,1-2H3,(H,25,29). The summed E-state index contributed by atoms with van der Waals surface area (Å²) in [4.78, 5) is 34.3. The van der Waals surface area contributed by atoms with E-state index < -0.39 is 11.5 Å². The molecule has 0 aliphatic carbocycles. The van der Waals surface area contributed by atoms with Crippen LogP contribution in [0.3, 0.4) is 0 Å². The van der Waals surface area contributed by atoms with Crippen LogP contribution >= 0.6 is 0 Å². The van der Waals surface area contributed by atoms with Gasteiger partial charge < -0.3 is 10.4 Å². The van der Waals surface area contributed by atoms with Gasteiger partial charge in [-0.1, -0.05) is 35.9 Å². The number of aromatic nitrogens is 3. The average molecular weight is 400 g/mol. The van der Waals surface area contributed by atoms with Crippen molar-refractivity contribution in [1.82, 2.24) is 19.9 Å². The molecular weight excluding hydrogens is 380 g/mol. The molecule has 150 valence electrons. The fourth-order valence-electron chi connectivity index (χ4n) is 3.23. The zero-order valence-corrected chi connectivity index (χ0v) is 16.6. The van der Waals surface area contributed by atoms with E-state index in [0.717, 1.165) is 11.1 Å². The smallest absolute Gasteiger partial charge is 0.265 e. The highest BCUT2D eigenvalue weighted by Gasteiger charge is 2.19. The largest absolute Gasteiger partial charge is 0.506 e. The summed E-state index contributed by atoms with van der Waals surface area (Å²) >= 11 is 0. The Hall–Kier alpha value is -4.00. The molecule has 0 unspecified atom stereocenters. The fraction of sp³-hybridized carbons (Fsp3) is 0.130. The predicted molar refractivity (Wildman–Crippen MR) is 114 cm³/mol. The predicted octanol–water partition coefficient (Wildman–Crippen LogP) is 2.94. The highest BCUT2D eigenvalue weighted by atomic mass is 16.3. The molecule has 2 heterocycles. The van der Waals surface area contributed by atoms with Gasteiger partial charge in [0.25, 0.3) is 11.5 Å². The first-order valence-electron chi connectivity index (χ1n) is 9.43. The first-order chi connectivity index (χ1) is 14.5. The summed E-state index contributed by atoms with van der Waals surface area (Å²) in [5, 5.41) is 13.5. The van der Waals surface area contributed by atoms with Gasteiger partial charge in [0, 0.05) is 19.8 Å². The minimum Gasteiger partial charge on any atom is -0.506 e. The summed E-state index contributed by atoms with van der Waals surface area (Å²) in [6.45, 7) is 2.30. The number of carbonyl (C=O) groups is 1. The maximum atomic E-state index is 12.9. The molecule has 2 aromatic carbocycles. The van der Waals surface area contributed by atoms with Gasteiger partial charge >= 0.3 is 0 Å². The average Bonchev–Trinajstić information content (AvgIpc) is 2.76. The van der Waals surface area contributed by atoms with Gasteiger partial charge in [-0.05, 0) is 36.8 Å². The first kappa shape index (κ1) is 19.3. The quantitative estimate of drug-likeness (QED) is 0.549. The van der Waals surface area contributed by atoms with E-state index in [2.05, 4.69) is 15.3 Å². The lowest BCUT2D eigenvalue weighted by atomic mass is 10.1. The number of aryl methyl sites for hydroxylation is 1. The number of nitrogens with one attached hydrogen (secondary N) is 1. The summed E-state index contributed by atoms with van der Waals surface area (Å²) in [5.74, 6) is -0.468. The van der Waals surface area contributed by atoms with Crippen molar-refractivity contribution in [2.45, 2.75) is 13.5 Å². The SMILES string of the molecule is Cc1ccc(CNC(=O)c2ccc3nc(-c4ccccn4)n(C)c(=O)c3c2O)cc1. The molecule has 0 saturated heterocycles. The number of aromatic hydroxyl groups is 1. The second kappa shape index (κ2) is 7.79. The molecule has 7 heteroatoms. The second-order valence-electron chi connectivity index (χ2n) is 7.04. The molecule has 0 radical (unpaired) electrons. The number of benzene rings is 2. The van der Waals surface area contributed by atoms with E-state index in [1.54, 1.807) is 37.5 Å². The monoisotopic (exact) mass is 400 g/mol. The third-order valence-electron chi connectivity index (χ3n) is 4.93. The van der Waals surface area contributed by atoms with Gasteiger partial charge in [0.15, 0.2) is 5.82 Å². The lowest BCUT2D eigenvalue weighted by Crippen LogP contribution is -2.24. The van der Waals surface area contributed by atoms with Crippen molar-refractivity contribution in [1.29, 1.82) is 0 Å². The van der Waals surface area contributed by atoms with Crippen LogP contribution in [-0.2, 0) is 13.6 Å². The highest BCUT2D eigenvalue weighted by molar-refractivity contribution is 6.02. The van der Waals surface area contributed by atoms with E-state index >= 15 is 0 Å². The van der Waals surface area contributed by atoms with E-state index in [0.29, 0.717) is 23.6 Å². The summed E-state index contributed by atoms with van der Waals surface area (Å²) in [6.07, 6.45) is 1.62. The van der Waals surface area contributed by atoms with Gasteiger partial charge in [0.1, 0.15) is 16.8 Å². The van der Waals surface area contributed by atoms with Crippen LogP contribution in [0.1, 0.15) is 21.5 Å². The van der Waals surface area contributed by atoms with Gasteiger partial charge in [-0.15, -0.1) is 0 Å². The number of amides is 1. The van der Waals surface area contributed by atoms with Crippen LogP contribution in [0.5, 0.6) is 5.75 Å². The van der Waals surface area contributed by atoms with Gasteiger partial charge in [-0.3, -0.25) is 19.1 Å². The van der Waals surface area contributed by atoms with Crippen LogP contribution < -0.4 is 10.9 Å². The minimum atomic E-state index is -0.467. The third kappa shape index (κ3) is 3.53. The molecule has 2 N–H and O–H groups in total. The minimum absolute atomic E-state index is 0.000155. The van der Waals surface area contributed by atoms with Crippen molar-refractivity contribution in [2.24, 2.45) is 7.05 Å². The Morgan fingerprint density at radius 2 is 1.87 bits per heavy atom. The number of fused-ring (bicyclic) bond motifs is 1. The number of carbonyl (C=O) groups excluding carboxylic acids is 1. The van der Waals surface area contributed by atoms with Crippen LogP contribution in [0.25, 0.3) is 22.4 Å². The van der Waals surface area contributed by atoms with E-state index in [1.165, 1.54) is 10.6 Å². The van der Waals surface area contributed by atoms with Crippen molar-refractivity contribution < 1.29 is 9.90 Å². The maximum absolute atomic E-state index is 12.9. The van der Waals surface area contributed by atoms with Gasteiger partial charge in [0.2, 0.25) is 0 Å². The molecule has 0 fully saturated rings. The number of pyridine rings is 1. The number of phenols is 1. The van der Waals surface area contributed by atoms with Crippen molar-refractivity contribution >= 4 is 16.8 Å². The molecule has 2 aromatic heterocycles. The van der Waals surface area contributed by atoms with Crippen molar-refractivity contribution in [3.05, 3.63) is 87.8 Å². The Balaban J connectivity index is 1.70. The summed E-state index contributed by atoms with van der Waals surface area (Å²) < 4.78 is 1.32. The lowest BCUT2D eigenvalue weighted by Gasteiger charge is -2.12. The molecule has 0 bridgehead atoms. The molecular formula is C23H20N4O3. The molecule has 0 aliphatic heterocycles.